The Morgan fingerprint density at radius 1 is 1.11 bits per heavy atom. The maximum atomic E-state index is 12.4. The van der Waals surface area contributed by atoms with E-state index < -0.39 is 17.6 Å². The molecular weight excluding hydrogens is 550 g/mol. The SMILES string of the molecule is C=C(N)C1=C(O)C(N(C)C)[C@@H]2C[C@@H]3Cc4c(-c5cc(CN6CCCC6)ccc5OC)ccc(C)c4C(=C)C3=C(O)[C@]2(O)C1=C. The first-order chi connectivity index (χ1) is 20.9. The van der Waals surface area contributed by atoms with Crippen LogP contribution in [0.2, 0.25) is 0 Å². The van der Waals surface area contributed by atoms with Crippen LogP contribution in [0.4, 0.5) is 0 Å². The fraction of sp³-hybridized carbons (Fsp3) is 0.405. The van der Waals surface area contributed by atoms with Gasteiger partial charge in [0.15, 0.2) is 5.60 Å². The Morgan fingerprint density at radius 3 is 2.45 bits per heavy atom. The first-order valence-electron chi connectivity index (χ1n) is 15.5. The minimum Gasteiger partial charge on any atom is -0.510 e. The monoisotopic (exact) mass is 595 g/mol. The number of benzene rings is 2. The van der Waals surface area contributed by atoms with Crippen LogP contribution < -0.4 is 10.5 Å². The van der Waals surface area contributed by atoms with Crippen LogP contribution >= 0.6 is 0 Å². The summed E-state index contributed by atoms with van der Waals surface area (Å²) in [5, 5.41) is 35.8. The fourth-order valence-corrected chi connectivity index (χ4v) is 8.41. The molecule has 4 aliphatic rings. The quantitative estimate of drug-likeness (QED) is 0.335. The number of allylic oxidation sites excluding steroid dienone is 3. The van der Waals surface area contributed by atoms with Crippen molar-refractivity contribution in [2.24, 2.45) is 17.6 Å². The molecule has 0 spiro atoms. The maximum Gasteiger partial charge on any atom is 0.151 e. The van der Waals surface area contributed by atoms with Gasteiger partial charge in [0.25, 0.3) is 0 Å². The van der Waals surface area contributed by atoms with Crippen LogP contribution in [0.3, 0.4) is 0 Å². The molecule has 3 aliphatic carbocycles. The molecule has 5 N–H and O–H groups in total. The molecular formula is C37H45N3O4. The highest BCUT2D eigenvalue weighted by Gasteiger charge is 2.59. The van der Waals surface area contributed by atoms with E-state index in [2.05, 4.69) is 61.9 Å². The van der Waals surface area contributed by atoms with Gasteiger partial charge in [-0.15, -0.1) is 0 Å². The summed E-state index contributed by atoms with van der Waals surface area (Å²) in [7, 11) is 5.40. The third-order valence-corrected chi connectivity index (χ3v) is 10.4. The Kier molecular flexibility index (Phi) is 7.55. The number of nitrogens with zero attached hydrogens (tertiary/aromatic N) is 2. The lowest BCUT2D eigenvalue weighted by Crippen LogP contribution is -2.59. The van der Waals surface area contributed by atoms with Crippen LogP contribution in [0.1, 0.15) is 41.5 Å². The fourth-order valence-electron chi connectivity index (χ4n) is 8.41. The van der Waals surface area contributed by atoms with Crippen LogP contribution in [-0.2, 0) is 13.0 Å². The van der Waals surface area contributed by atoms with Crippen molar-refractivity contribution in [2.45, 2.75) is 50.8 Å². The molecule has 7 heteroatoms. The first kappa shape index (κ1) is 30.3. The average Bonchev–Trinajstić information content (AvgIpc) is 3.48. The largest absolute Gasteiger partial charge is 0.510 e. The van der Waals surface area contributed by atoms with Gasteiger partial charge in [-0.25, -0.2) is 0 Å². The minimum atomic E-state index is -1.83. The molecule has 2 aromatic rings. The molecule has 1 heterocycles. The highest BCUT2D eigenvalue weighted by Crippen LogP contribution is 2.58. The molecule has 1 unspecified atom stereocenters. The van der Waals surface area contributed by atoms with Gasteiger partial charge in [-0.3, -0.25) is 9.80 Å². The Balaban J connectivity index is 1.50. The number of nitrogens with two attached hydrogens (primary N) is 1. The summed E-state index contributed by atoms with van der Waals surface area (Å²) in [6.45, 7) is 17.7. The summed E-state index contributed by atoms with van der Waals surface area (Å²) in [4.78, 5) is 4.35. The molecule has 0 bridgehead atoms. The molecule has 0 amide bonds. The number of rotatable bonds is 6. The normalized spacial score (nSPS) is 27.0. The maximum absolute atomic E-state index is 12.4. The lowest BCUT2D eigenvalue weighted by atomic mass is 9.57. The molecule has 2 aromatic carbocycles. The number of hydrogen-bond donors (Lipinski definition) is 4. The molecule has 232 valence electrons. The third kappa shape index (κ3) is 4.44. The lowest BCUT2D eigenvalue weighted by Gasteiger charge is -2.53. The number of ether oxygens (including phenoxy) is 1. The molecule has 0 aromatic heterocycles. The molecule has 1 saturated heterocycles. The third-order valence-electron chi connectivity index (χ3n) is 10.4. The van der Waals surface area contributed by atoms with Gasteiger partial charge in [-0.1, -0.05) is 37.9 Å². The van der Waals surface area contributed by atoms with Gasteiger partial charge in [0.2, 0.25) is 0 Å². The Bertz CT molecular complexity index is 1640. The Hall–Kier alpha value is -3.78. The van der Waals surface area contributed by atoms with E-state index in [4.69, 9.17) is 10.5 Å². The van der Waals surface area contributed by atoms with Crippen molar-refractivity contribution < 1.29 is 20.1 Å². The zero-order valence-corrected chi connectivity index (χ0v) is 26.4. The second-order valence-corrected chi connectivity index (χ2v) is 13.2. The van der Waals surface area contributed by atoms with E-state index in [-0.39, 0.29) is 34.3 Å². The van der Waals surface area contributed by atoms with E-state index in [9.17, 15) is 15.3 Å². The lowest BCUT2D eigenvalue weighted by molar-refractivity contribution is -0.0451. The van der Waals surface area contributed by atoms with Gasteiger partial charge in [0, 0.05) is 34.9 Å². The Labute approximate surface area is 260 Å². The first-order valence-corrected chi connectivity index (χ1v) is 15.5. The van der Waals surface area contributed by atoms with Gasteiger partial charge >= 0.3 is 0 Å². The highest BCUT2D eigenvalue weighted by atomic mass is 16.5. The van der Waals surface area contributed by atoms with Crippen LogP contribution in [0, 0.1) is 18.8 Å². The highest BCUT2D eigenvalue weighted by molar-refractivity contribution is 5.90. The van der Waals surface area contributed by atoms with E-state index >= 15 is 0 Å². The van der Waals surface area contributed by atoms with Gasteiger partial charge in [-0.05, 0) is 117 Å². The molecule has 4 atom stereocenters. The molecule has 1 aliphatic heterocycles. The summed E-state index contributed by atoms with van der Waals surface area (Å²) in [6, 6.07) is 10.1. The summed E-state index contributed by atoms with van der Waals surface area (Å²) in [6.07, 6.45) is 3.64. The summed E-state index contributed by atoms with van der Waals surface area (Å²) >= 11 is 0. The molecule has 0 radical (unpaired) electrons. The van der Waals surface area contributed by atoms with E-state index in [1.165, 1.54) is 18.4 Å². The second-order valence-electron chi connectivity index (χ2n) is 13.2. The molecule has 1 fully saturated rings. The average molecular weight is 596 g/mol. The van der Waals surface area contributed by atoms with E-state index in [1.54, 1.807) is 7.11 Å². The van der Waals surface area contributed by atoms with Crippen LogP contribution in [0.5, 0.6) is 5.75 Å². The van der Waals surface area contributed by atoms with Gasteiger partial charge < -0.3 is 25.8 Å². The summed E-state index contributed by atoms with van der Waals surface area (Å²) < 4.78 is 5.89. The van der Waals surface area contributed by atoms with Crippen molar-refractivity contribution in [3.8, 4) is 16.9 Å². The number of hydrogen-bond acceptors (Lipinski definition) is 7. The predicted molar refractivity (Wildman–Crippen MR) is 176 cm³/mol. The van der Waals surface area contributed by atoms with Crippen LogP contribution in [0.25, 0.3) is 16.7 Å². The van der Waals surface area contributed by atoms with E-state index in [0.717, 1.165) is 53.2 Å². The minimum absolute atomic E-state index is 0.0181. The van der Waals surface area contributed by atoms with E-state index in [0.29, 0.717) is 24.0 Å². The predicted octanol–water partition coefficient (Wildman–Crippen LogP) is 5.80. The number of fused-ring (bicyclic) bond motifs is 3. The number of aryl methyl sites for hydroxylation is 1. The molecule has 44 heavy (non-hydrogen) atoms. The van der Waals surface area contributed by atoms with Crippen molar-refractivity contribution in [1.82, 2.24) is 9.80 Å². The van der Waals surface area contributed by atoms with Gasteiger partial charge in [0.1, 0.15) is 17.3 Å². The Morgan fingerprint density at radius 2 is 1.82 bits per heavy atom. The summed E-state index contributed by atoms with van der Waals surface area (Å²) in [5.41, 5.74) is 12.7. The smallest absolute Gasteiger partial charge is 0.151 e. The van der Waals surface area contributed by atoms with Crippen molar-refractivity contribution in [1.29, 1.82) is 0 Å². The standard InChI is InChI=1S/C37H45N3O4/c1-20-10-12-26(27-16-24(11-13-30(27)44-7)19-40-14-8-9-15-40)28-17-25-18-29-34(39(5)6)35(41)33(23(4)38)22(3)37(29,43)36(42)32(25)21(2)31(20)28/h10-13,16,25,29,34,41-43H,2-4,8-9,14-15,17-19,38H2,1,5-7H3/t25-,29-,34?,37-/m0/s1. The van der Waals surface area contributed by atoms with Crippen molar-refractivity contribution >= 4 is 5.57 Å². The number of aliphatic hydroxyl groups excluding tert-OH is 2. The molecule has 6 rings (SSSR count). The number of likely N-dealkylation sites (tertiary alicyclic amines) is 1. The molecule has 7 nitrogen and oxygen atoms in total. The number of likely N-dealkylation sites (N-methyl/N-ethyl adjacent to an activating group) is 1. The van der Waals surface area contributed by atoms with Crippen molar-refractivity contribution in [3.05, 3.63) is 106 Å². The van der Waals surface area contributed by atoms with Gasteiger partial charge in [-0.2, -0.15) is 0 Å². The van der Waals surface area contributed by atoms with Crippen molar-refractivity contribution in [2.75, 3.05) is 34.3 Å². The zero-order chi connectivity index (χ0) is 31.7. The van der Waals surface area contributed by atoms with E-state index in [1.807, 2.05) is 19.0 Å². The zero-order valence-electron chi connectivity index (χ0n) is 26.4. The second kappa shape index (κ2) is 11.0. The summed E-state index contributed by atoms with van der Waals surface area (Å²) in [5.74, 6) is -0.0278. The van der Waals surface area contributed by atoms with Gasteiger partial charge in [0.05, 0.1) is 13.2 Å². The van der Waals surface area contributed by atoms with Crippen LogP contribution in [-0.4, -0.2) is 71.1 Å². The van der Waals surface area contributed by atoms with Crippen LogP contribution in [0.15, 0.2) is 84.0 Å². The number of methoxy groups -OCH3 is 1. The van der Waals surface area contributed by atoms with Crippen molar-refractivity contribution in [3.63, 3.8) is 0 Å². The molecule has 0 saturated carbocycles. The topological polar surface area (TPSA) is 102 Å². The number of aliphatic hydroxyl groups is 3.